The number of sulfone groups is 1. The highest BCUT2D eigenvalue weighted by atomic mass is 35.5. The second kappa shape index (κ2) is 9.13. The number of rotatable bonds is 5. The minimum absolute atomic E-state index is 0.0374. The van der Waals surface area contributed by atoms with E-state index in [4.69, 9.17) is 16.3 Å². The quantitative estimate of drug-likeness (QED) is 0.450. The summed E-state index contributed by atoms with van der Waals surface area (Å²) < 4.78 is 46.4. The highest BCUT2D eigenvalue weighted by Crippen LogP contribution is 2.39. The van der Waals surface area contributed by atoms with Crippen molar-refractivity contribution in [1.29, 1.82) is 0 Å². The summed E-state index contributed by atoms with van der Waals surface area (Å²) in [5.74, 6) is -0.803. The lowest BCUT2D eigenvalue weighted by Crippen LogP contribution is -2.33. The highest BCUT2D eigenvalue weighted by Gasteiger charge is 2.28. The first kappa shape index (κ1) is 24.1. The highest BCUT2D eigenvalue weighted by molar-refractivity contribution is 7.93. The minimum Gasteiger partial charge on any atom is -0.444 e. The van der Waals surface area contributed by atoms with Crippen LogP contribution in [-0.4, -0.2) is 42.0 Å². The molecule has 3 aromatic rings. The van der Waals surface area contributed by atoms with E-state index in [1.807, 2.05) is 0 Å². The Bertz CT molecular complexity index is 1240. The van der Waals surface area contributed by atoms with Crippen LogP contribution in [0.3, 0.4) is 0 Å². The lowest BCUT2D eigenvalue weighted by atomic mass is 10.1. The van der Waals surface area contributed by atoms with Crippen molar-refractivity contribution in [3.8, 4) is 11.1 Å². The average Bonchev–Trinajstić information content (AvgIpc) is 3.11. The third kappa shape index (κ3) is 5.43. The van der Waals surface area contributed by atoms with Gasteiger partial charge in [-0.3, -0.25) is 0 Å². The van der Waals surface area contributed by atoms with Gasteiger partial charge in [-0.1, -0.05) is 11.6 Å². The smallest absolute Gasteiger partial charge is 0.410 e. The lowest BCUT2D eigenvalue weighted by Gasteiger charge is -2.24. The van der Waals surface area contributed by atoms with Crippen LogP contribution in [-0.2, 0) is 21.1 Å². The van der Waals surface area contributed by atoms with Gasteiger partial charge < -0.3 is 9.64 Å². The van der Waals surface area contributed by atoms with E-state index in [2.05, 4.69) is 9.97 Å². The molecule has 11 heteroatoms. The molecular formula is C21H21ClFN3O4S2. The summed E-state index contributed by atoms with van der Waals surface area (Å²) >= 11 is 6.72. The monoisotopic (exact) mass is 497 g/mol. The van der Waals surface area contributed by atoms with Crippen LogP contribution < -0.4 is 0 Å². The Labute approximate surface area is 194 Å². The molecule has 0 radical (unpaired) electrons. The number of halogens is 2. The van der Waals surface area contributed by atoms with E-state index in [-0.39, 0.29) is 31.9 Å². The average molecular weight is 498 g/mol. The van der Waals surface area contributed by atoms with Gasteiger partial charge in [-0.2, -0.15) is 4.39 Å². The fraction of sp³-hybridized carbons (Fsp3) is 0.286. The molecule has 3 rings (SSSR count). The minimum atomic E-state index is -4.05. The molecule has 7 nitrogen and oxygen atoms in total. The fourth-order valence-corrected chi connectivity index (χ4v) is 5.97. The molecule has 0 saturated heterocycles. The van der Waals surface area contributed by atoms with Crippen LogP contribution in [0.4, 0.5) is 9.18 Å². The zero-order valence-electron chi connectivity index (χ0n) is 17.8. The van der Waals surface area contributed by atoms with Crippen molar-refractivity contribution in [1.82, 2.24) is 14.9 Å². The predicted octanol–water partition coefficient (Wildman–Crippen LogP) is 5.20. The van der Waals surface area contributed by atoms with Crippen molar-refractivity contribution >= 4 is 38.9 Å². The lowest BCUT2D eigenvalue weighted by molar-refractivity contribution is 0.0286. The maximum atomic E-state index is 14.5. The molecule has 0 unspecified atom stereocenters. The Balaban J connectivity index is 2.06. The van der Waals surface area contributed by atoms with Gasteiger partial charge in [0.05, 0.1) is 11.4 Å². The maximum absolute atomic E-state index is 14.5. The number of hydrogen-bond acceptors (Lipinski definition) is 7. The number of pyridine rings is 2. The van der Waals surface area contributed by atoms with Crippen LogP contribution in [0, 0.1) is 5.95 Å². The van der Waals surface area contributed by atoms with Crippen LogP contribution >= 0.6 is 22.9 Å². The zero-order chi connectivity index (χ0) is 23.7. The van der Waals surface area contributed by atoms with Crippen LogP contribution in [0.2, 0.25) is 5.15 Å². The summed E-state index contributed by atoms with van der Waals surface area (Å²) in [5, 5.41) is 0.147. The van der Waals surface area contributed by atoms with Crippen LogP contribution in [0.25, 0.3) is 11.1 Å². The molecule has 0 bridgehead atoms. The fourth-order valence-electron chi connectivity index (χ4n) is 2.74. The van der Waals surface area contributed by atoms with Crippen molar-refractivity contribution in [2.45, 2.75) is 42.0 Å². The Morgan fingerprint density at radius 2 is 1.94 bits per heavy atom. The molecule has 3 aromatic heterocycles. The molecule has 0 aliphatic rings. The van der Waals surface area contributed by atoms with Crippen molar-refractivity contribution in [2.75, 3.05) is 7.05 Å². The number of ether oxygens (including phenoxy) is 1. The van der Waals surface area contributed by atoms with E-state index < -0.39 is 27.5 Å². The number of carbonyl (C=O) groups excluding carboxylic acids is 1. The van der Waals surface area contributed by atoms with Crippen molar-refractivity contribution < 1.29 is 22.3 Å². The summed E-state index contributed by atoms with van der Waals surface area (Å²) in [7, 11) is -2.51. The Morgan fingerprint density at radius 1 is 1.22 bits per heavy atom. The second-order valence-corrected chi connectivity index (χ2v) is 11.6. The van der Waals surface area contributed by atoms with Gasteiger partial charge in [0, 0.05) is 35.4 Å². The molecule has 0 N–H and O–H groups in total. The van der Waals surface area contributed by atoms with Crippen molar-refractivity contribution in [3.05, 3.63) is 58.7 Å². The molecule has 3 heterocycles. The van der Waals surface area contributed by atoms with Crippen LogP contribution in [0.15, 0.2) is 51.8 Å². The van der Waals surface area contributed by atoms with E-state index >= 15 is 0 Å². The summed E-state index contributed by atoms with van der Waals surface area (Å²) in [5.41, 5.74) is -0.487. The number of aromatic nitrogens is 2. The summed E-state index contributed by atoms with van der Waals surface area (Å²) in [4.78, 5) is 21.6. The molecule has 0 aliphatic heterocycles. The van der Waals surface area contributed by atoms with E-state index in [0.29, 0.717) is 4.88 Å². The van der Waals surface area contributed by atoms with E-state index in [9.17, 15) is 17.6 Å². The first-order valence-electron chi connectivity index (χ1n) is 9.43. The van der Waals surface area contributed by atoms with Crippen molar-refractivity contribution in [2.24, 2.45) is 0 Å². The number of hydrogen-bond donors (Lipinski definition) is 0. The van der Waals surface area contributed by atoms with Gasteiger partial charge in [0.15, 0.2) is 0 Å². The Kier molecular flexibility index (Phi) is 6.87. The van der Waals surface area contributed by atoms with E-state index in [1.54, 1.807) is 26.8 Å². The first-order valence-corrected chi connectivity index (χ1v) is 12.1. The van der Waals surface area contributed by atoms with Gasteiger partial charge in [0.25, 0.3) is 0 Å². The molecule has 0 spiro atoms. The second-order valence-electron chi connectivity index (χ2n) is 7.91. The normalized spacial score (nSPS) is 11.9. The molecule has 0 aromatic carbocycles. The molecular weight excluding hydrogens is 477 g/mol. The Hall–Kier alpha value is -2.56. The van der Waals surface area contributed by atoms with Gasteiger partial charge in [0.1, 0.15) is 15.0 Å². The summed E-state index contributed by atoms with van der Waals surface area (Å²) in [6.07, 6.45) is 1.86. The third-order valence-electron chi connectivity index (χ3n) is 4.15. The van der Waals surface area contributed by atoms with Gasteiger partial charge >= 0.3 is 6.09 Å². The molecule has 0 fully saturated rings. The zero-order valence-corrected chi connectivity index (χ0v) is 20.2. The van der Waals surface area contributed by atoms with Gasteiger partial charge in [-0.25, -0.2) is 23.2 Å². The van der Waals surface area contributed by atoms with Gasteiger partial charge in [-0.15, -0.1) is 11.3 Å². The molecule has 170 valence electrons. The molecule has 0 saturated carbocycles. The van der Waals surface area contributed by atoms with Crippen molar-refractivity contribution in [3.63, 3.8) is 0 Å². The molecule has 1 amide bonds. The predicted molar refractivity (Wildman–Crippen MR) is 120 cm³/mol. The SMILES string of the molecule is CN(Cc1cc(-c2cccnc2F)c(S(=O)(=O)c2ccc(Cl)nc2)s1)C(=O)OC(C)(C)C. The largest absolute Gasteiger partial charge is 0.444 e. The Morgan fingerprint density at radius 3 is 2.53 bits per heavy atom. The first-order chi connectivity index (χ1) is 14.9. The summed E-state index contributed by atoms with van der Waals surface area (Å²) in [6, 6.07) is 7.21. The van der Waals surface area contributed by atoms with E-state index in [1.165, 1.54) is 42.4 Å². The van der Waals surface area contributed by atoms with Crippen LogP contribution in [0.5, 0.6) is 0 Å². The third-order valence-corrected chi connectivity index (χ3v) is 7.77. The van der Waals surface area contributed by atoms with Crippen LogP contribution in [0.1, 0.15) is 25.6 Å². The number of amides is 1. The number of thiophene rings is 1. The van der Waals surface area contributed by atoms with Gasteiger partial charge in [0.2, 0.25) is 15.8 Å². The number of carbonyl (C=O) groups is 1. The molecule has 0 atom stereocenters. The molecule has 0 aliphatic carbocycles. The van der Waals surface area contributed by atoms with Gasteiger partial charge in [-0.05, 0) is 51.1 Å². The summed E-state index contributed by atoms with van der Waals surface area (Å²) in [6.45, 7) is 5.32. The standard InChI is InChI=1S/C21H21ClFN3O4S2/c1-21(2,3)30-20(27)26(4)12-13-10-16(15-6-5-9-24-18(15)23)19(31-13)32(28,29)14-7-8-17(22)25-11-14/h5-11H,12H2,1-4H3. The molecule has 32 heavy (non-hydrogen) atoms. The topological polar surface area (TPSA) is 89.5 Å². The maximum Gasteiger partial charge on any atom is 0.410 e. The number of nitrogens with zero attached hydrogens (tertiary/aromatic N) is 3. The van der Waals surface area contributed by atoms with E-state index in [0.717, 1.165) is 17.5 Å².